The first kappa shape index (κ1) is 12.7. The van der Waals surface area contributed by atoms with Gasteiger partial charge in [-0.2, -0.15) is 0 Å². The van der Waals surface area contributed by atoms with Gasteiger partial charge in [-0.05, 0) is 26.3 Å². The second-order valence-electron chi connectivity index (χ2n) is 4.33. The van der Waals surface area contributed by atoms with Crippen molar-refractivity contribution in [3.63, 3.8) is 0 Å². The molecule has 1 aromatic carbocycles. The zero-order valence-corrected chi connectivity index (χ0v) is 9.35. The van der Waals surface area contributed by atoms with E-state index >= 15 is 0 Å². The number of aliphatic hydroxyl groups excluding tert-OH is 1. The number of hydrogen-bond acceptors (Lipinski definition) is 3. The molecule has 90 valence electrons. The summed E-state index contributed by atoms with van der Waals surface area (Å²) in [7, 11) is 0. The molecule has 0 aromatic heterocycles. The van der Waals surface area contributed by atoms with Gasteiger partial charge in [0.1, 0.15) is 5.82 Å². The molecule has 0 fully saturated rings. The van der Waals surface area contributed by atoms with Crippen molar-refractivity contribution in [2.45, 2.75) is 25.8 Å². The highest BCUT2D eigenvalue weighted by molar-refractivity contribution is 5.67. The number of halogens is 2. The van der Waals surface area contributed by atoms with E-state index in [9.17, 15) is 8.78 Å². The Morgan fingerprint density at radius 3 is 2.56 bits per heavy atom. The Balaban J connectivity index is 2.97. The molecule has 16 heavy (non-hydrogen) atoms. The summed E-state index contributed by atoms with van der Waals surface area (Å²) in [6.45, 7) is 3.61. The van der Waals surface area contributed by atoms with Gasteiger partial charge >= 0.3 is 0 Å². The molecule has 0 aliphatic heterocycles. The minimum Gasteiger partial charge on any atom is -0.396 e. The van der Waals surface area contributed by atoms with Crippen molar-refractivity contribution < 1.29 is 13.9 Å². The molecule has 0 unspecified atom stereocenters. The molecule has 1 aromatic rings. The van der Waals surface area contributed by atoms with Gasteiger partial charge in [-0.3, -0.25) is 0 Å². The van der Waals surface area contributed by atoms with E-state index in [0.717, 1.165) is 12.1 Å². The van der Waals surface area contributed by atoms with E-state index in [1.54, 1.807) is 0 Å². The van der Waals surface area contributed by atoms with Crippen LogP contribution >= 0.6 is 0 Å². The monoisotopic (exact) mass is 230 g/mol. The fourth-order valence-corrected chi connectivity index (χ4v) is 1.39. The van der Waals surface area contributed by atoms with Gasteiger partial charge < -0.3 is 16.2 Å². The van der Waals surface area contributed by atoms with Gasteiger partial charge in [0.15, 0.2) is 5.82 Å². The van der Waals surface area contributed by atoms with E-state index in [-0.39, 0.29) is 18.0 Å². The van der Waals surface area contributed by atoms with Gasteiger partial charge in [-0.25, -0.2) is 8.78 Å². The predicted octanol–water partition coefficient (Wildman–Crippen LogP) is 2.12. The molecule has 0 bridgehead atoms. The van der Waals surface area contributed by atoms with Crippen LogP contribution in [0.4, 0.5) is 20.2 Å². The molecule has 0 saturated heterocycles. The number of nitrogens with one attached hydrogen (secondary N) is 1. The van der Waals surface area contributed by atoms with Crippen molar-refractivity contribution >= 4 is 11.4 Å². The number of benzene rings is 1. The van der Waals surface area contributed by atoms with Gasteiger partial charge in [0.2, 0.25) is 0 Å². The van der Waals surface area contributed by atoms with Crippen LogP contribution in [0.1, 0.15) is 20.3 Å². The van der Waals surface area contributed by atoms with Crippen molar-refractivity contribution in [1.29, 1.82) is 0 Å². The molecule has 5 heteroatoms. The number of anilines is 2. The highest BCUT2D eigenvalue weighted by atomic mass is 19.1. The lowest BCUT2D eigenvalue weighted by Crippen LogP contribution is -2.32. The molecule has 0 aliphatic carbocycles. The predicted molar refractivity (Wildman–Crippen MR) is 60.2 cm³/mol. The van der Waals surface area contributed by atoms with E-state index in [1.165, 1.54) is 0 Å². The Bertz CT molecular complexity index is 380. The maximum absolute atomic E-state index is 13.1. The summed E-state index contributed by atoms with van der Waals surface area (Å²) in [4.78, 5) is 0. The maximum atomic E-state index is 13.1. The molecule has 0 radical (unpaired) electrons. The summed E-state index contributed by atoms with van der Waals surface area (Å²) < 4.78 is 26.1. The molecular formula is C11H16F2N2O. The number of nitrogen functional groups attached to an aromatic ring is 1. The minimum atomic E-state index is -0.790. The average molecular weight is 230 g/mol. The van der Waals surface area contributed by atoms with Crippen LogP contribution in [0.5, 0.6) is 0 Å². The van der Waals surface area contributed by atoms with Crippen LogP contribution in [-0.2, 0) is 0 Å². The van der Waals surface area contributed by atoms with E-state index < -0.39 is 17.2 Å². The SMILES string of the molecule is CC(C)(CCO)Nc1cc(F)cc(F)c1N. The standard InChI is InChI=1S/C11H16F2N2O/c1-11(2,3-4-16)15-9-6-7(12)5-8(13)10(9)14/h5-6,15-16H,3-4,14H2,1-2H3. The average Bonchev–Trinajstić information content (AvgIpc) is 2.12. The van der Waals surface area contributed by atoms with Gasteiger partial charge in [-0.15, -0.1) is 0 Å². The lowest BCUT2D eigenvalue weighted by Gasteiger charge is -2.27. The summed E-state index contributed by atoms with van der Waals surface area (Å²) in [5.74, 6) is -1.48. The first-order valence-electron chi connectivity index (χ1n) is 4.99. The first-order valence-corrected chi connectivity index (χ1v) is 4.99. The van der Waals surface area contributed by atoms with Gasteiger partial charge in [-0.1, -0.05) is 0 Å². The number of rotatable bonds is 4. The Hall–Kier alpha value is -1.36. The molecule has 0 spiro atoms. The minimum absolute atomic E-state index is 0.0162. The lowest BCUT2D eigenvalue weighted by atomic mass is 10.0. The molecule has 0 atom stereocenters. The molecule has 1 rings (SSSR count). The van der Waals surface area contributed by atoms with Crippen LogP contribution in [0.25, 0.3) is 0 Å². The number of aliphatic hydroxyl groups is 1. The van der Waals surface area contributed by atoms with Crippen molar-refractivity contribution in [2.75, 3.05) is 17.7 Å². The molecular weight excluding hydrogens is 214 g/mol. The number of hydrogen-bond donors (Lipinski definition) is 3. The summed E-state index contributed by atoms with van der Waals surface area (Å²) in [5, 5.41) is 11.7. The van der Waals surface area contributed by atoms with E-state index in [4.69, 9.17) is 10.8 Å². The quantitative estimate of drug-likeness (QED) is 0.694. The van der Waals surface area contributed by atoms with Crippen LogP contribution in [0, 0.1) is 11.6 Å². The smallest absolute Gasteiger partial charge is 0.151 e. The Kier molecular flexibility index (Phi) is 3.70. The van der Waals surface area contributed by atoms with Crippen LogP contribution in [0.3, 0.4) is 0 Å². The molecule has 0 heterocycles. The van der Waals surface area contributed by atoms with Gasteiger partial charge in [0.25, 0.3) is 0 Å². The molecule has 0 amide bonds. The maximum Gasteiger partial charge on any atom is 0.151 e. The second-order valence-corrected chi connectivity index (χ2v) is 4.33. The Labute approximate surface area is 93.3 Å². The third-order valence-corrected chi connectivity index (χ3v) is 2.30. The van der Waals surface area contributed by atoms with Crippen LogP contribution in [-0.4, -0.2) is 17.3 Å². The Morgan fingerprint density at radius 1 is 1.38 bits per heavy atom. The van der Waals surface area contributed by atoms with Crippen LogP contribution < -0.4 is 11.1 Å². The number of nitrogens with two attached hydrogens (primary N) is 1. The highest BCUT2D eigenvalue weighted by Gasteiger charge is 2.19. The van der Waals surface area contributed by atoms with Crippen molar-refractivity contribution in [1.82, 2.24) is 0 Å². The van der Waals surface area contributed by atoms with Crippen molar-refractivity contribution in [2.24, 2.45) is 0 Å². The first-order chi connectivity index (χ1) is 7.35. The molecule has 4 N–H and O–H groups in total. The highest BCUT2D eigenvalue weighted by Crippen LogP contribution is 2.27. The fourth-order valence-electron chi connectivity index (χ4n) is 1.39. The van der Waals surface area contributed by atoms with E-state index in [1.807, 2.05) is 13.8 Å². The zero-order chi connectivity index (χ0) is 12.3. The van der Waals surface area contributed by atoms with Crippen LogP contribution in [0.15, 0.2) is 12.1 Å². The topological polar surface area (TPSA) is 58.3 Å². The molecule has 0 saturated carbocycles. The summed E-state index contributed by atoms with van der Waals surface area (Å²) in [5.41, 5.74) is 5.09. The van der Waals surface area contributed by atoms with Gasteiger partial charge in [0.05, 0.1) is 11.4 Å². The second kappa shape index (κ2) is 4.65. The fraction of sp³-hybridized carbons (Fsp3) is 0.455. The summed E-state index contributed by atoms with van der Waals surface area (Å²) >= 11 is 0. The van der Waals surface area contributed by atoms with E-state index in [2.05, 4.69) is 5.32 Å². The normalized spacial score (nSPS) is 11.6. The Morgan fingerprint density at radius 2 is 2.00 bits per heavy atom. The van der Waals surface area contributed by atoms with Gasteiger partial charge in [0, 0.05) is 18.2 Å². The summed E-state index contributed by atoms with van der Waals surface area (Å²) in [6, 6.07) is 1.87. The lowest BCUT2D eigenvalue weighted by molar-refractivity contribution is 0.261. The third kappa shape index (κ3) is 3.06. The molecule has 3 nitrogen and oxygen atoms in total. The van der Waals surface area contributed by atoms with E-state index in [0.29, 0.717) is 6.42 Å². The summed E-state index contributed by atoms with van der Waals surface area (Å²) in [6.07, 6.45) is 0.449. The zero-order valence-electron chi connectivity index (χ0n) is 9.35. The van der Waals surface area contributed by atoms with Crippen molar-refractivity contribution in [3.05, 3.63) is 23.8 Å². The molecule has 0 aliphatic rings. The largest absolute Gasteiger partial charge is 0.396 e. The van der Waals surface area contributed by atoms with Crippen LogP contribution in [0.2, 0.25) is 0 Å². The third-order valence-electron chi connectivity index (χ3n) is 2.30. The van der Waals surface area contributed by atoms with Crippen molar-refractivity contribution in [3.8, 4) is 0 Å².